The molecule has 0 aliphatic heterocycles. The lowest BCUT2D eigenvalue weighted by atomic mass is 9.91. The fourth-order valence-electron chi connectivity index (χ4n) is 4.68. The van der Waals surface area contributed by atoms with Gasteiger partial charge in [-0.1, -0.05) is 68.3 Å². The molecule has 1 unspecified atom stereocenters. The predicted molar refractivity (Wildman–Crippen MR) is 159 cm³/mol. The molecule has 0 radical (unpaired) electrons. The van der Waals surface area contributed by atoms with Crippen LogP contribution >= 0.6 is 0 Å². The van der Waals surface area contributed by atoms with Crippen LogP contribution in [0.25, 0.3) is 11.1 Å². The van der Waals surface area contributed by atoms with Crippen molar-refractivity contribution < 1.29 is 24.2 Å². The number of rotatable bonds is 16. The molecule has 212 valence electrons. The van der Waals surface area contributed by atoms with Gasteiger partial charge in [0, 0.05) is 30.6 Å². The zero-order chi connectivity index (χ0) is 28.9. The maximum Gasteiger partial charge on any atom is 0.306 e. The van der Waals surface area contributed by atoms with E-state index in [2.05, 4.69) is 6.92 Å². The molecule has 0 bridgehead atoms. The highest BCUT2D eigenvalue weighted by atomic mass is 16.5. The molecule has 6 nitrogen and oxygen atoms in total. The van der Waals surface area contributed by atoms with Crippen molar-refractivity contribution >= 4 is 17.7 Å². The van der Waals surface area contributed by atoms with Gasteiger partial charge in [0.2, 0.25) is 0 Å². The third-order valence-corrected chi connectivity index (χ3v) is 7.20. The number of aryl methyl sites for hydroxylation is 1. The molecule has 1 atom stereocenters. The fraction of sp³-hybridized carbons (Fsp3) is 0.382. The lowest BCUT2D eigenvalue weighted by Gasteiger charge is -2.19. The Balaban J connectivity index is 1.58. The monoisotopic (exact) mass is 543 g/mol. The zero-order valence-electron chi connectivity index (χ0n) is 23.9. The summed E-state index contributed by atoms with van der Waals surface area (Å²) in [4.78, 5) is 39.4. The van der Waals surface area contributed by atoms with E-state index in [4.69, 9.17) is 4.74 Å². The Hall–Kier alpha value is -3.93. The molecular formula is C34H41NO5. The van der Waals surface area contributed by atoms with Crippen molar-refractivity contribution in [1.82, 2.24) is 4.90 Å². The number of ether oxygens (including phenoxy) is 1. The van der Waals surface area contributed by atoms with Gasteiger partial charge in [-0.15, -0.1) is 0 Å². The maximum absolute atomic E-state index is 13.0. The molecule has 0 fully saturated rings. The highest BCUT2D eigenvalue weighted by molar-refractivity contribution is 5.98. The Morgan fingerprint density at radius 1 is 0.825 bits per heavy atom. The van der Waals surface area contributed by atoms with Crippen LogP contribution in [0.3, 0.4) is 0 Å². The molecule has 3 rings (SSSR count). The number of carboxylic acids is 1. The molecule has 0 aliphatic rings. The van der Waals surface area contributed by atoms with Crippen LogP contribution in [-0.2, 0) is 11.2 Å². The summed E-state index contributed by atoms with van der Waals surface area (Å²) in [7, 11) is 0. The lowest BCUT2D eigenvalue weighted by molar-refractivity contribution is -0.141. The number of hydrogen-bond acceptors (Lipinski definition) is 4. The van der Waals surface area contributed by atoms with Crippen molar-refractivity contribution in [3.63, 3.8) is 0 Å². The number of Topliss-reactive ketones (excluding diaryl/α,β-unsaturated/α-hetero) is 1. The van der Waals surface area contributed by atoms with Crippen LogP contribution in [0.5, 0.6) is 5.75 Å². The third kappa shape index (κ3) is 8.80. The summed E-state index contributed by atoms with van der Waals surface area (Å²) in [6, 6.07) is 22.5. The van der Waals surface area contributed by atoms with Crippen molar-refractivity contribution in [3.05, 3.63) is 89.5 Å². The Kier molecular flexibility index (Phi) is 11.9. The van der Waals surface area contributed by atoms with Gasteiger partial charge >= 0.3 is 5.97 Å². The molecule has 0 aliphatic carbocycles. The number of aliphatic carboxylic acids is 1. The number of carboxylic acid groups (broad SMARTS) is 1. The van der Waals surface area contributed by atoms with E-state index in [1.807, 2.05) is 68.4 Å². The lowest BCUT2D eigenvalue weighted by Crippen LogP contribution is -2.30. The summed E-state index contributed by atoms with van der Waals surface area (Å²) in [5.41, 5.74) is 3.97. The molecule has 0 aromatic heterocycles. The number of unbranched alkanes of at least 4 members (excludes halogenated alkanes) is 2. The van der Waals surface area contributed by atoms with E-state index >= 15 is 0 Å². The molecule has 3 aromatic carbocycles. The molecule has 0 saturated carbocycles. The van der Waals surface area contributed by atoms with Crippen molar-refractivity contribution in [2.45, 2.75) is 59.3 Å². The van der Waals surface area contributed by atoms with E-state index in [0.717, 1.165) is 41.7 Å². The Morgan fingerprint density at radius 2 is 1.48 bits per heavy atom. The van der Waals surface area contributed by atoms with Crippen LogP contribution in [-0.4, -0.2) is 47.4 Å². The number of benzene rings is 3. The van der Waals surface area contributed by atoms with Gasteiger partial charge in [-0.3, -0.25) is 14.4 Å². The summed E-state index contributed by atoms with van der Waals surface area (Å²) in [6.45, 7) is 8.02. The Labute approximate surface area is 238 Å². The standard InChI is InChI=1S/C34H41NO5/c1-4-7-8-22-40-31-20-18-27(19-21-31)26-14-16-28(17-15-26)32(36)24-30(34(38)39)13-12-25-10-9-11-29(23-25)33(37)35(5-2)6-3/h9-11,14-21,23,30H,4-8,12-13,22,24H2,1-3H3,(H,38,39). The number of nitrogens with zero attached hydrogens (tertiary/aromatic N) is 1. The van der Waals surface area contributed by atoms with Crippen LogP contribution < -0.4 is 4.74 Å². The van der Waals surface area contributed by atoms with Crippen LogP contribution in [0.1, 0.15) is 79.2 Å². The van der Waals surface area contributed by atoms with Gasteiger partial charge in [-0.05, 0) is 74.1 Å². The number of amides is 1. The Bertz CT molecular complexity index is 1250. The molecule has 0 heterocycles. The normalized spacial score (nSPS) is 11.6. The van der Waals surface area contributed by atoms with E-state index in [0.29, 0.717) is 43.7 Å². The molecule has 3 aromatic rings. The van der Waals surface area contributed by atoms with Crippen molar-refractivity contribution in [2.75, 3.05) is 19.7 Å². The largest absolute Gasteiger partial charge is 0.494 e. The summed E-state index contributed by atoms with van der Waals surface area (Å²) in [5, 5.41) is 9.80. The van der Waals surface area contributed by atoms with Crippen LogP contribution in [0.4, 0.5) is 0 Å². The first-order valence-corrected chi connectivity index (χ1v) is 14.3. The fourth-order valence-corrected chi connectivity index (χ4v) is 4.68. The van der Waals surface area contributed by atoms with Gasteiger partial charge in [-0.25, -0.2) is 0 Å². The summed E-state index contributed by atoms with van der Waals surface area (Å²) in [6.07, 6.45) is 4.07. The highest BCUT2D eigenvalue weighted by Crippen LogP contribution is 2.24. The number of carbonyl (C=O) groups is 3. The van der Waals surface area contributed by atoms with Crippen LogP contribution in [0, 0.1) is 5.92 Å². The highest BCUT2D eigenvalue weighted by Gasteiger charge is 2.22. The average Bonchev–Trinajstić information content (AvgIpc) is 2.98. The topological polar surface area (TPSA) is 83.9 Å². The molecule has 1 N–H and O–H groups in total. The van der Waals surface area contributed by atoms with Gasteiger partial charge in [0.05, 0.1) is 12.5 Å². The van der Waals surface area contributed by atoms with E-state index in [1.54, 1.807) is 23.1 Å². The van der Waals surface area contributed by atoms with E-state index in [9.17, 15) is 19.5 Å². The van der Waals surface area contributed by atoms with E-state index < -0.39 is 11.9 Å². The number of ketones is 1. The van der Waals surface area contributed by atoms with Crippen molar-refractivity contribution in [1.29, 1.82) is 0 Å². The minimum absolute atomic E-state index is 0.0352. The van der Waals surface area contributed by atoms with Crippen molar-refractivity contribution in [3.8, 4) is 16.9 Å². The summed E-state index contributed by atoms with van der Waals surface area (Å²) in [5.74, 6) is -1.18. The summed E-state index contributed by atoms with van der Waals surface area (Å²) >= 11 is 0. The second-order valence-corrected chi connectivity index (χ2v) is 10.0. The number of carbonyl (C=O) groups excluding carboxylic acids is 2. The van der Waals surface area contributed by atoms with Crippen LogP contribution in [0.15, 0.2) is 72.8 Å². The SMILES string of the molecule is CCCCCOc1ccc(-c2ccc(C(=O)CC(CCc3cccc(C(=O)N(CC)CC)c3)C(=O)O)cc2)cc1. The summed E-state index contributed by atoms with van der Waals surface area (Å²) < 4.78 is 5.78. The van der Waals surface area contributed by atoms with Gasteiger partial charge in [0.1, 0.15) is 5.75 Å². The zero-order valence-corrected chi connectivity index (χ0v) is 23.9. The number of hydrogen-bond donors (Lipinski definition) is 1. The predicted octanol–water partition coefficient (Wildman–Crippen LogP) is 7.31. The van der Waals surface area contributed by atoms with Gasteiger partial charge in [-0.2, -0.15) is 0 Å². The Morgan fingerprint density at radius 3 is 2.08 bits per heavy atom. The van der Waals surface area contributed by atoms with Gasteiger partial charge in [0.15, 0.2) is 5.78 Å². The minimum atomic E-state index is -0.989. The van der Waals surface area contributed by atoms with Crippen LogP contribution in [0.2, 0.25) is 0 Å². The first-order chi connectivity index (χ1) is 19.4. The molecule has 0 spiro atoms. The maximum atomic E-state index is 13.0. The quantitative estimate of drug-likeness (QED) is 0.151. The first-order valence-electron chi connectivity index (χ1n) is 14.3. The first kappa shape index (κ1) is 30.6. The third-order valence-electron chi connectivity index (χ3n) is 7.20. The average molecular weight is 544 g/mol. The second kappa shape index (κ2) is 15.6. The smallest absolute Gasteiger partial charge is 0.306 e. The molecule has 6 heteroatoms. The molecule has 40 heavy (non-hydrogen) atoms. The van der Waals surface area contributed by atoms with Crippen molar-refractivity contribution in [2.24, 2.45) is 5.92 Å². The van der Waals surface area contributed by atoms with E-state index in [1.165, 1.54) is 0 Å². The molecule has 0 saturated heterocycles. The van der Waals surface area contributed by atoms with Gasteiger partial charge < -0.3 is 14.7 Å². The molecule has 1 amide bonds. The molecular weight excluding hydrogens is 502 g/mol. The van der Waals surface area contributed by atoms with Gasteiger partial charge in [0.25, 0.3) is 5.91 Å². The second-order valence-electron chi connectivity index (χ2n) is 10.0. The minimum Gasteiger partial charge on any atom is -0.494 e. The van der Waals surface area contributed by atoms with E-state index in [-0.39, 0.29) is 18.1 Å².